The zero-order valence-electron chi connectivity index (χ0n) is 5.08. The third-order valence-corrected chi connectivity index (χ3v) is 1.03. The van der Waals surface area contributed by atoms with Gasteiger partial charge in [-0.1, -0.05) is 6.58 Å². The van der Waals surface area contributed by atoms with Crippen LogP contribution in [0, 0.1) is 0 Å². The van der Waals surface area contributed by atoms with Crippen LogP contribution in [0.5, 0.6) is 0 Å². The Morgan fingerprint density at radius 2 is 2.40 bits per heavy atom. The minimum absolute atomic E-state index is 0.716. The SMILES string of the molecule is C=CC(=O)OC(O)(Br)CO. The van der Waals surface area contributed by atoms with Gasteiger partial charge >= 0.3 is 5.97 Å². The van der Waals surface area contributed by atoms with Gasteiger partial charge in [-0.25, -0.2) is 4.79 Å². The van der Waals surface area contributed by atoms with E-state index in [1.807, 2.05) is 0 Å². The first-order valence-corrected chi connectivity index (χ1v) is 3.18. The molecular weight excluding hydrogens is 204 g/mol. The summed E-state index contributed by atoms with van der Waals surface area (Å²) in [6, 6.07) is 0. The lowest BCUT2D eigenvalue weighted by atomic mass is 10.6. The third kappa shape index (κ3) is 3.60. The molecule has 0 aromatic carbocycles. The highest BCUT2D eigenvalue weighted by Crippen LogP contribution is 2.14. The van der Waals surface area contributed by atoms with E-state index in [0.717, 1.165) is 6.08 Å². The zero-order chi connectivity index (χ0) is 8.20. The average molecular weight is 211 g/mol. The van der Waals surface area contributed by atoms with Gasteiger partial charge in [0.25, 0.3) is 4.70 Å². The standard InChI is InChI=1S/C5H7BrO4/c1-2-4(8)10-5(6,9)3-7/h2,7,9H,1,3H2. The van der Waals surface area contributed by atoms with Crippen LogP contribution in [0.3, 0.4) is 0 Å². The number of esters is 1. The first-order valence-electron chi connectivity index (χ1n) is 2.39. The van der Waals surface area contributed by atoms with E-state index >= 15 is 0 Å². The van der Waals surface area contributed by atoms with E-state index in [-0.39, 0.29) is 0 Å². The molecule has 0 saturated heterocycles. The number of hydrogen-bond acceptors (Lipinski definition) is 4. The molecule has 0 rings (SSSR count). The number of alkyl halides is 1. The molecule has 0 radical (unpaired) electrons. The smallest absolute Gasteiger partial charge is 0.333 e. The van der Waals surface area contributed by atoms with E-state index in [1.165, 1.54) is 0 Å². The molecule has 0 bridgehead atoms. The number of aliphatic hydroxyl groups is 2. The van der Waals surface area contributed by atoms with Crippen molar-refractivity contribution >= 4 is 21.9 Å². The maximum atomic E-state index is 10.3. The highest BCUT2D eigenvalue weighted by Gasteiger charge is 2.25. The first-order chi connectivity index (χ1) is 4.52. The van der Waals surface area contributed by atoms with Crippen molar-refractivity contribution in [1.29, 1.82) is 0 Å². The summed E-state index contributed by atoms with van der Waals surface area (Å²) in [6.07, 6.45) is 0.877. The molecular formula is C5H7BrO4. The van der Waals surface area contributed by atoms with Gasteiger partial charge in [-0.15, -0.1) is 0 Å². The van der Waals surface area contributed by atoms with Crippen LogP contribution in [-0.4, -0.2) is 27.5 Å². The van der Waals surface area contributed by atoms with E-state index in [2.05, 4.69) is 27.2 Å². The van der Waals surface area contributed by atoms with Crippen LogP contribution in [0.4, 0.5) is 0 Å². The second kappa shape index (κ2) is 3.70. The molecule has 0 fully saturated rings. The number of aliphatic hydroxyl groups excluding tert-OH is 1. The maximum Gasteiger partial charge on any atom is 0.333 e. The van der Waals surface area contributed by atoms with Gasteiger partial charge in [-0.05, 0) is 15.9 Å². The fraction of sp³-hybridized carbons (Fsp3) is 0.400. The Morgan fingerprint density at radius 3 is 2.70 bits per heavy atom. The molecule has 58 valence electrons. The number of ether oxygens (including phenoxy) is 1. The van der Waals surface area contributed by atoms with Crippen LogP contribution in [0.25, 0.3) is 0 Å². The summed E-state index contributed by atoms with van der Waals surface area (Å²) in [6.45, 7) is 2.38. The molecule has 1 unspecified atom stereocenters. The van der Waals surface area contributed by atoms with Gasteiger partial charge in [0.15, 0.2) is 0 Å². The van der Waals surface area contributed by atoms with Crippen molar-refractivity contribution < 1.29 is 19.7 Å². The fourth-order valence-corrected chi connectivity index (χ4v) is 0.388. The molecule has 0 aromatic rings. The molecule has 5 heteroatoms. The Morgan fingerprint density at radius 1 is 1.90 bits per heavy atom. The van der Waals surface area contributed by atoms with Crippen molar-refractivity contribution in [2.75, 3.05) is 6.61 Å². The van der Waals surface area contributed by atoms with Gasteiger partial charge in [-0.3, -0.25) is 0 Å². The summed E-state index contributed by atoms with van der Waals surface area (Å²) in [4.78, 5) is 10.3. The summed E-state index contributed by atoms with van der Waals surface area (Å²) in [7, 11) is 0. The van der Waals surface area contributed by atoms with Crippen molar-refractivity contribution in [3.8, 4) is 0 Å². The molecule has 0 saturated carbocycles. The molecule has 10 heavy (non-hydrogen) atoms. The quantitative estimate of drug-likeness (QED) is 0.292. The Labute approximate surface area is 66.2 Å². The molecule has 0 aromatic heterocycles. The molecule has 0 aliphatic rings. The van der Waals surface area contributed by atoms with E-state index in [4.69, 9.17) is 10.2 Å². The predicted octanol–water partition coefficient (Wildman–Crippen LogP) is -0.251. The summed E-state index contributed by atoms with van der Waals surface area (Å²) < 4.78 is 2.21. The van der Waals surface area contributed by atoms with Crippen molar-refractivity contribution in [1.82, 2.24) is 0 Å². The van der Waals surface area contributed by atoms with Crippen molar-refractivity contribution in [3.05, 3.63) is 12.7 Å². The van der Waals surface area contributed by atoms with Gasteiger partial charge < -0.3 is 14.9 Å². The molecule has 0 spiro atoms. The fourth-order valence-electron chi connectivity index (χ4n) is 0.228. The minimum Gasteiger partial charge on any atom is -0.417 e. The third-order valence-electron chi connectivity index (χ3n) is 0.619. The van der Waals surface area contributed by atoms with Crippen LogP contribution in [0.2, 0.25) is 0 Å². The highest BCUT2D eigenvalue weighted by molar-refractivity contribution is 9.10. The molecule has 0 aliphatic heterocycles. The Balaban J connectivity index is 3.87. The van der Waals surface area contributed by atoms with Crippen LogP contribution >= 0.6 is 15.9 Å². The van der Waals surface area contributed by atoms with E-state index in [0.29, 0.717) is 0 Å². The Kier molecular flexibility index (Phi) is 3.55. The van der Waals surface area contributed by atoms with Crippen LogP contribution in [0.15, 0.2) is 12.7 Å². The first kappa shape index (κ1) is 9.61. The number of hydrogen-bond donors (Lipinski definition) is 2. The van der Waals surface area contributed by atoms with Crippen LogP contribution < -0.4 is 0 Å². The summed E-state index contributed by atoms with van der Waals surface area (Å²) in [5.74, 6) is -0.812. The molecule has 0 heterocycles. The van der Waals surface area contributed by atoms with Gasteiger partial charge in [0.2, 0.25) is 0 Å². The normalized spacial score (nSPS) is 15.5. The zero-order valence-corrected chi connectivity index (χ0v) is 6.67. The molecule has 4 nitrogen and oxygen atoms in total. The monoisotopic (exact) mass is 210 g/mol. The molecule has 0 aliphatic carbocycles. The second-order valence-corrected chi connectivity index (χ2v) is 2.71. The molecule has 0 amide bonds. The summed E-state index contributed by atoms with van der Waals surface area (Å²) in [5.41, 5.74) is 0. The lowest BCUT2D eigenvalue weighted by molar-refractivity contribution is -0.176. The predicted molar refractivity (Wildman–Crippen MR) is 37.3 cm³/mol. The van der Waals surface area contributed by atoms with E-state index in [1.54, 1.807) is 0 Å². The summed E-state index contributed by atoms with van der Waals surface area (Å²) in [5, 5.41) is 17.1. The maximum absolute atomic E-state index is 10.3. The van der Waals surface area contributed by atoms with E-state index in [9.17, 15) is 4.79 Å². The minimum atomic E-state index is -1.99. The van der Waals surface area contributed by atoms with Crippen molar-refractivity contribution in [3.63, 3.8) is 0 Å². The second-order valence-electron chi connectivity index (χ2n) is 1.47. The largest absolute Gasteiger partial charge is 0.417 e. The van der Waals surface area contributed by atoms with Crippen molar-refractivity contribution in [2.45, 2.75) is 4.70 Å². The molecule has 1 atom stereocenters. The average Bonchev–Trinajstić information content (AvgIpc) is 1.87. The van der Waals surface area contributed by atoms with Gasteiger partial charge in [-0.2, -0.15) is 0 Å². The van der Waals surface area contributed by atoms with Gasteiger partial charge in [0, 0.05) is 6.08 Å². The Bertz CT molecular complexity index is 143. The van der Waals surface area contributed by atoms with E-state index < -0.39 is 17.3 Å². The summed E-state index contributed by atoms with van der Waals surface area (Å²) >= 11 is 2.54. The van der Waals surface area contributed by atoms with Gasteiger partial charge in [0.05, 0.1) is 0 Å². The molecule has 2 N–H and O–H groups in total. The van der Waals surface area contributed by atoms with Crippen LogP contribution in [0.1, 0.15) is 0 Å². The van der Waals surface area contributed by atoms with Crippen molar-refractivity contribution in [2.24, 2.45) is 0 Å². The van der Waals surface area contributed by atoms with Gasteiger partial charge in [0.1, 0.15) is 6.61 Å². The topological polar surface area (TPSA) is 66.8 Å². The van der Waals surface area contributed by atoms with Crippen LogP contribution in [-0.2, 0) is 9.53 Å². The number of halogens is 1. The highest BCUT2D eigenvalue weighted by atomic mass is 79.9. The lowest BCUT2D eigenvalue weighted by Crippen LogP contribution is -2.31. The Hall–Kier alpha value is -0.390. The number of carbonyl (C=O) groups excluding carboxylic acids is 1. The number of rotatable bonds is 3. The number of carbonyl (C=O) groups is 1. The lowest BCUT2D eigenvalue weighted by Gasteiger charge is -2.16.